The van der Waals surface area contributed by atoms with Crippen molar-refractivity contribution >= 4 is 11.0 Å². The van der Waals surface area contributed by atoms with Crippen LogP contribution in [0, 0.1) is 0 Å². The van der Waals surface area contributed by atoms with Crippen LogP contribution in [-0.4, -0.2) is 24.0 Å². The number of fused-ring (bicyclic) bond motifs is 1. The van der Waals surface area contributed by atoms with E-state index in [1.165, 1.54) is 43.4 Å². The molecule has 0 spiro atoms. The van der Waals surface area contributed by atoms with E-state index in [1.807, 2.05) is 13.8 Å². The van der Waals surface area contributed by atoms with Crippen LogP contribution >= 0.6 is 0 Å². The van der Waals surface area contributed by atoms with Crippen LogP contribution in [0.1, 0.15) is 25.6 Å². The standard InChI is InChI=1S/C18H17F3N2O4/c1-9(2)23-8-10(7-22-23)13-14(24)11-5-6-12(25-3)16(26-4)15(11)27-17(13)18(19,20)21/h5-9H,1-4H3. The van der Waals surface area contributed by atoms with Crippen molar-refractivity contribution in [3.63, 3.8) is 0 Å². The first-order valence-electron chi connectivity index (χ1n) is 8.02. The molecule has 0 saturated carbocycles. The molecule has 3 rings (SSSR count). The average molecular weight is 382 g/mol. The lowest BCUT2D eigenvalue weighted by atomic mass is 10.0. The molecule has 0 N–H and O–H groups in total. The third-order valence-electron chi connectivity index (χ3n) is 4.08. The van der Waals surface area contributed by atoms with E-state index in [0.717, 1.165) is 0 Å². The Kier molecular flexibility index (Phi) is 4.63. The Bertz CT molecular complexity index is 1050. The fourth-order valence-corrected chi connectivity index (χ4v) is 2.78. The van der Waals surface area contributed by atoms with E-state index in [4.69, 9.17) is 13.9 Å². The predicted molar refractivity (Wildman–Crippen MR) is 92.2 cm³/mol. The minimum absolute atomic E-state index is 0.0291. The zero-order valence-corrected chi connectivity index (χ0v) is 15.0. The maximum absolute atomic E-state index is 13.7. The second kappa shape index (κ2) is 6.64. The highest BCUT2D eigenvalue weighted by Crippen LogP contribution is 2.41. The van der Waals surface area contributed by atoms with Gasteiger partial charge >= 0.3 is 6.18 Å². The summed E-state index contributed by atoms with van der Waals surface area (Å²) in [5, 5.41) is 3.97. The van der Waals surface area contributed by atoms with Gasteiger partial charge in [-0.1, -0.05) is 0 Å². The third kappa shape index (κ3) is 3.13. The molecule has 0 aliphatic rings. The van der Waals surface area contributed by atoms with Crippen molar-refractivity contribution in [3.8, 4) is 22.6 Å². The number of ether oxygens (including phenoxy) is 2. The highest BCUT2D eigenvalue weighted by Gasteiger charge is 2.40. The normalized spacial score (nSPS) is 12.0. The number of nitrogens with zero attached hydrogens (tertiary/aromatic N) is 2. The average Bonchev–Trinajstić information content (AvgIpc) is 3.09. The van der Waals surface area contributed by atoms with Gasteiger partial charge in [0, 0.05) is 17.8 Å². The largest absolute Gasteiger partial charge is 0.493 e. The van der Waals surface area contributed by atoms with Crippen molar-refractivity contribution in [1.29, 1.82) is 0 Å². The zero-order valence-electron chi connectivity index (χ0n) is 15.0. The molecular weight excluding hydrogens is 365 g/mol. The molecule has 3 aromatic rings. The van der Waals surface area contributed by atoms with Crippen molar-refractivity contribution < 1.29 is 27.1 Å². The summed E-state index contributed by atoms with van der Waals surface area (Å²) < 4.78 is 57.9. The van der Waals surface area contributed by atoms with E-state index in [2.05, 4.69) is 5.10 Å². The fraction of sp³-hybridized carbons (Fsp3) is 0.333. The molecule has 0 saturated heterocycles. The van der Waals surface area contributed by atoms with Gasteiger partial charge in [0.1, 0.15) is 0 Å². The van der Waals surface area contributed by atoms with Gasteiger partial charge in [-0.15, -0.1) is 0 Å². The summed E-state index contributed by atoms with van der Waals surface area (Å²) in [5.41, 5.74) is -1.71. The second-order valence-electron chi connectivity index (χ2n) is 6.11. The molecule has 0 aliphatic heterocycles. The fourth-order valence-electron chi connectivity index (χ4n) is 2.78. The molecule has 2 aromatic heterocycles. The number of aromatic nitrogens is 2. The minimum Gasteiger partial charge on any atom is -0.493 e. The van der Waals surface area contributed by atoms with Gasteiger partial charge in [0.25, 0.3) is 0 Å². The molecule has 0 bridgehead atoms. The molecule has 0 atom stereocenters. The van der Waals surface area contributed by atoms with Crippen LogP contribution in [-0.2, 0) is 6.18 Å². The minimum atomic E-state index is -4.89. The Balaban J connectivity index is 2.42. The van der Waals surface area contributed by atoms with Crippen LogP contribution in [0.4, 0.5) is 13.2 Å². The summed E-state index contributed by atoms with van der Waals surface area (Å²) in [6, 6.07) is 2.70. The summed E-state index contributed by atoms with van der Waals surface area (Å²) in [4.78, 5) is 12.9. The molecule has 2 heterocycles. The van der Waals surface area contributed by atoms with Crippen LogP contribution in [0.3, 0.4) is 0 Å². The first-order valence-corrected chi connectivity index (χ1v) is 8.02. The Hall–Kier alpha value is -2.97. The first-order chi connectivity index (χ1) is 12.7. The summed E-state index contributed by atoms with van der Waals surface area (Å²) in [5.74, 6) is -1.33. The van der Waals surface area contributed by atoms with E-state index < -0.39 is 22.9 Å². The van der Waals surface area contributed by atoms with Crippen molar-refractivity contribution in [2.75, 3.05) is 14.2 Å². The van der Waals surface area contributed by atoms with Crippen molar-refractivity contribution in [2.24, 2.45) is 0 Å². The molecule has 0 fully saturated rings. The van der Waals surface area contributed by atoms with E-state index in [1.54, 1.807) is 0 Å². The zero-order chi connectivity index (χ0) is 19.9. The van der Waals surface area contributed by atoms with Crippen LogP contribution in [0.2, 0.25) is 0 Å². The number of methoxy groups -OCH3 is 2. The second-order valence-corrected chi connectivity index (χ2v) is 6.11. The Morgan fingerprint density at radius 2 is 1.89 bits per heavy atom. The molecule has 144 valence electrons. The maximum atomic E-state index is 13.7. The summed E-state index contributed by atoms with van der Waals surface area (Å²) in [6.07, 6.45) is -2.29. The molecule has 1 aromatic carbocycles. The molecule has 0 aliphatic carbocycles. The van der Waals surface area contributed by atoms with Crippen LogP contribution in [0.25, 0.3) is 22.1 Å². The first kappa shape index (κ1) is 18.8. The number of halogens is 3. The topological polar surface area (TPSA) is 66.5 Å². The van der Waals surface area contributed by atoms with Gasteiger partial charge in [-0.25, -0.2) is 0 Å². The van der Waals surface area contributed by atoms with Gasteiger partial charge in [0.05, 0.1) is 31.4 Å². The van der Waals surface area contributed by atoms with Gasteiger partial charge < -0.3 is 13.9 Å². The molecule has 0 radical (unpaired) electrons. The highest BCUT2D eigenvalue weighted by atomic mass is 19.4. The molecule has 27 heavy (non-hydrogen) atoms. The summed E-state index contributed by atoms with van der Waals surface area (Å²) >= 11 is 0. The van der Waals surface area contributed by atoms with Gasteiger partial charge in [-0.05, 0) is 26.0 Å². The van der Waals surface area contributed by atoms with Gasteiger partial charge in [-0.3, -0.25) is 9.48 Å². The quantitative estimate of drug-likeness (QED) is 0.674. The molecular formula is C18H17F3N2O4. The third-order valence-corrected chi connectivity index (χ3v) is 4.08. The Morgan fingerprint density at radius 1 is 1.19 bits per heavy atom. The maximum Gasteiger partial charge on any atom is 0.450 e. The van der Waals surface area contributed by atoms with E-state index in [9.17, 15) is 18.0 Å². The number of hydrogen-bond donors (Lipinski definition) is 0. The van der Waals surface area contributed by atoms with Crippen LogP contribution in [0.5, 0.6) is 11.5 Å². The van der Waals surface area contributed by atoms with Crippen molar-refractivity contribution in [1.82, 2.24) is 9.78 Å². The van der Waals surface area contributed by atoms with E-state index >= 15 is 0 Å². The smallest absolute Gasteiger partial charge is 0.450 e. The lowest BCUT2D eigenvalue weighted by Gasteiger charge is -2.14. The van der Waals surface area contributed by atoms with Gasteiger partial charge in [0.2, 0.25) is 16.9 Å². The highest BCUT2D eigenvalue weighted by molar-refractivity contribution is 5.89. The van der Waals surface area contributed by atoms with Crippen LogP contribution in [0.15, 0.2) is 33.7 Å². The van der Waals surface area contributed by atoms with Crippen molar-refractivity contribution in [3.05, 3.63) is 40.5 Å². The molecule has 0 unspecified atom stereocenters. The summed E-state index contributed by atoms with van der Waals surface area (Å²) in [6.45, 7) is 3.64. The molecule has 9 heteroatoms. The number of alkyl halides is 3. The van der Waals surface area contributed by atoms with Gasteiger partial charge in [-0.2, -0.15) is 18.3 Å². The number of hydrogen-bond acceptors (Lipinski definition) is 5. The van der Waals surface area contributed by atoms with E-state index in [0.29, 0.717) is 0 Å². The van der Waals surface area contributed by atoms with Crippen molar-refractivity contribution in [2.45, 2.75) is 26.1 Å². The lowest BCUT2D eigenvalue weighted by molar-refractivity contribution is -0.152. The van der Waals surface area contributed by atoms with E-state index in [-0.39, 0.29) is 34.1 Å². The number of benzene rings is 1. The SMILES string of the molecule is COc1ccc2c(=O)c(-c3cnn(C(C)C)c3)c(C(F)(F)F)oc2c1OC. The predicted octanol–water partition coefficient (Wildman–Crippen LogP) is 4.27. The van der Waals surface area contributed by atoms with Gasteiger partial charge in [0.15, 0.2) is 11.3 Å². The number of rotatable bonds is 4. The summed E-state index contributed by atoms with van der Waals surface area (Å²) in [7, 11) is 2.59. The Labute approximate surface area is 152 Å². The molecule has 6 nitrogen and oxygen atoms in total. The van der Waals surface area contributed by atoms with Crippen LogP contribution < -0.4 is 14.9 Å². The Morgan fingerprint density at radius 3 is 2.41 bits per heavy atom. The molecule has 0 amide bonds. The lowest BCUT2D eigenvalue weighted by Crippen LogP contribution is -2.16. The monoisotopic (exact) mass is 382 g/mol.